The van der Waals surface area contributed by atoms with Crippen LogP contribution in [0.5, 0.6) is 0 Å². The number of aryl methyl sites for hydroxylation is 1. The number of allylic oxidation sites excluding steroid dienone is 6. The van der Waals surface area contributed by atoms with Crippen LogP contribution in [-0.4, -0.2) is 0 Å². The fourth-order valence-electron chi connectivity index (χ4n) is 6.40. The summed E-state index contributed by atoms with van der Waals surface area (Å²) >= 11 is 0. The van der Waals surface area contributed by atoms with E-state index in [-0.39, 0.29) is 0 Å². The van der Waals surface area contributed by atoms with E-state index in [9.17, 15) is 0 Å². The molecule has 1 heterocycles. The standard InChI is InChI=1S/C41H32O.C7H10.C2H6.H4N2/c1-28-23-25-38-37-19-9-10-22-39(37)42-41(38)40(28)35-21-12-20-34(29(35)2)32-17-11-18-33(27-32)36(31-15-7-4-8-16-31)26-24-30-13-5-3-6-14-30;1-3-5-7-6-4-2;2*1-2/h3-23,25-27H,24H2,1-2H3;3-7H,1H2,2H3;1-2H3;1-2H2/b36-26-;6-4?,7-5-;;. The first-order valence-electron chi connectivity index (χ1n) is 18.2. The van der Waals surface area contributed by atoms with Crippen LogP contribution in [-0.2, 0) is 6.42 Å². The summed E-state index contributed by atoms with van der Waals surface area (Å²) in [4.78, 5) is 0. The fourth-order valence-corrected chi connectivity index (χ4v) is 6.40. The maximum atomic E-state index is 6.47. The second-order valence-corrected chi connectivity index (χ2v) is 12.1. The van der Waals surface area contributed by atoms with Crippen molar-refractivity contribution in [1.82, 2.24) is 0 Å². The fraction of sp³-hybridized carbons (Fsp3) is 0.120. The minimum atomic E-state index is 0.880. The highest BCUT2D eigenvalue weighted by molar-refractivity contribution is 6.10. The van der Waals surface area contributed by atoms with Crippen molar-refractivity contribution in [2.75, 3.05) is 0 Å². The lowest BCUT2D eigenvalue weighted by atomic mass is 9.88. The molecular formula is C50H52N2O. The van der Waals surface area contributed by atoms with Crippen molar-refractivity contribution in [3.8, 4) is 22.3 Å². The average molecular weight is 697 g/mol. The zero-order valence-corrected chi connectivity index (χ0v) is 31.7. The van der Waals surface area contributed by atoms with Crippen LogP contribution in [0.2, 0.25) is 0 Å². The van der Waals surface area contributed by atoms with Crippen molar-refractivity contribution < 1.29 is 4.42 Å². The van der Waals surface area contributed by atoms with Gasteiger partial charge in [0.25, 0.3) is 0 Å². The van der Waals surface area contributed by atoms with E-state index in [1.165, 1.54) is 55.6 Å². The molecule has 53 heavy (non-hydrogen) atoms. The lowest BCUT2D eigenvalue weighted by molar-refractivity contribution is 0.669. The first-order valence-corrected chi connectivity index (χ1v) is 18.2. The van der Waals surface area contributed by atoms with Gasteiger partial charge in [-0.05, 0) is 89.4 Å². The number of para-hydroxylation sites is 1. The number of hydrogen-bond acceptors (Lipinski definition) is 3. The molecule has 0 atom stereocenters. The Morgan fingerprint density at radius 2 is 1.28 bits per heavy atom. The molecule has 0 amide bonds. The van der Waals surface area contributed by atoms with Crippen molar-refractivity contribution >= 4 is 27.5 Å². The minimum absolute atomic E-state index is 0.880. The predicted octanol–water partition coefficient (Wildman–Crippen LogP) is 13.4. The summed E-state index contributed by atoms with van der Waals surface area (Å²) in [5.74, 6) is 8.00. The average Bonchev–Trinajstić information content (AvgIpc) is 3.60. The minimum Gasteiger partial charge on any atom is -0.455 e. The third kappa shape index (κ3) is 9.87. The largest absolute Gasteiger partial charge is 0.455 e. The quantitative estimate of drug-likeness (QED) is 0.0944. The van der Waals surface area contributed by atoms with Gasteiger partial charge in [-0.1, -0.05) is 184 Å². The molecule has 0 spiro atoms. The number of hydrazine groups is 1. The number of fused-ring (bicyclic) bond motifs is 3. The normalized spacial score (nSPS) is 11.0. The Kier molecular flexibility index (Phi) is 15.6. The summed E-state index contributed by atoms with van der Waals surface area (Å²) in [5, 5.41) is 2.32. The van der Waals surface area contributed by atoms with E-state index >= 15 is 0 Å². The van der Waals surface area contributed by atoms with Gasteiger partial charge < -0.3 is 4.42 Å². The Balaban J connectivity index is 0.000000508. The monoisotopic (exact) mass is 696 g/mol. The second-order valence-electron chi connectivity index (χ2n) is 12.1. The maximum Gasteiger partial charge on any atom is 0.143 e. The highest BCUT2D eigenvalue weighted by Crippen LogP contribution is 2.41. The van der Waals surface area contributed by atoms with Crippen LogP contribution in [0.4, 0.5) is 0 Å². The summed E-state index contributed by atoms with van der Waals surface area (Å²) in [7, 11) is 0. The first-order chi connectivity index (χ1) is 26.1. The first kappa shape index (κ1) is 39.8. The molecule has 4 N–H and O–H groups in total. The highest BCUT2D eigenvalue weighted by atomic mass is 16.3. The van der Waals surface area contributed by atoms with Crippen LogP contribution >= 0.6 is 0 Å². The maximum absolute atomic E-state index is 6.47. The Morgan fingerprint density at radius 1 is 0.642 bits per heavy atom. The lowest BCUT2D eigenvalue weighted by Gasteiger charge is -2.16. The number of rotatable bonds is 8. The molecule has 0 saturated carbocycles. The van der Waals surface area contributed by atoms with E-state index in [4.69, 9.17) is 4.42 Å². The van der Waals surface area contributed by atoms with E-state index in [2.05, 4.69) is 172 Å². The molecule has 0 radical (unpaired) electrons. The molecule has 7 aromatic rings. The molecule has 0 saturated heterocycles. The predicted molar refractivity (Wildman–Crippen MR) is 232 cm³/mol. The van der Waals surface area contributed by atoms with Crippen LogP contribution in [0.15, 0.2) is 187 Å². The molecule has 0 unspecified atom stereocenters. The molecule has 3 nitrogen and oxygen atoms in total. The van der Waals surface area contributed by atoms with Gasteiger partial charge in [0, 0.05) is 16.3 Å². The van der Waals surface area contributed by atoms with Gasteiger partial charge in [-0.25, -0.2) is 0 Å². The van der Waals surface area contributed by atoms with Crippen LogP contribution < -0.4 is 11.7 Å². The van der Waals surface area contributed by atoms with Gasteiger partial charge in [0.05, 0.1) is 0 Å². The molecule has 3 heteroatoms. The zero-order valence-electron chi connectivity index (χ0n) is 31.7. The second kappa shape index (κ2) is 20.8. The van der Waals surface area contributed by atoms with Crippen LogP contribution in [0.25, 0.3) is 49.8 Å². The Bertz CT molecular complexity index is 2290. The molecule has 7 rings (SSSR count). The van der Waals surface area contributed by atoms with Crippen molar-refractivity contribution in [1.29, 1.82) is 0 Å². The Morgan fingerprint density at radius 3 is 2.00 bits per heavy atom. The van der Waals surface area contributed by atoms with Crippen molar-refractivity contribution in [3.63, 3.8) is 0 Å². The Hall–Kier alpha value is -6.00. The molecule has 0 aliphatic rings. The van der Waals surface area contributed by atoms with Crippen molar-refractivity contribution in [3.05, 3.63) is 210 Å². The summed E-state index contributed by atoms with van der Waals surface area (Å²) < 4.78 is 6.47. The zero-order chi connectivity index (χ0) is 38.0. The van der Waals surface area contributed by atoms with Gasteiger partial charge >= 0.3 is 0 Å². The van der Waals surface area contributed by atoms with Gasteiger partial charge in [-0.2, -0.15) is 0 Å². The van der Waals surface area contributed by atoms with Crippen LogP contribution in [0, 0.1) is 13.8 Å². The van der Waals surface area contributed by atoms with Crippen LogP contribution in [0.1, 0.15) is 48.6 Å². The summed E-state index contributed by atoms with van der Waals surface area (Å²) in [5.41, 5.74) is 14.2. The van der Waals surface area contributed by atoms with E-state index in [1.807, 2.05) is 51.1 Å². The third-order valence-electron chi connectivity index (χ3n) is 8.86. The number of nitrogens with two attached hydrogens (primary N) is 2. The molecule has 1 aromatic heterocycles. The molecule has 0 fully saturated rings. The highest BCUT2D eigenvalue weighted by Gasteiger charge is 2.18. The van der Waals surface area contributed by atoms with Gasteiger partial charge in [0.15, 0.2) is 0 Å². The van der Waals surface area contributed by atoms with Crippen molar-refractivity contribution in [2.45, 2.75) is 41.0 Å². The number of furan rings is 1. The van der Waals surface area contributed by atoms with E-state index < -0.39 is 0 Å². The molecule has 0 aliphatic heterocycles. The van der Waals surface area contributed by atoms with E-state index in [0.717, 1.165) is 28.4 Å². The topological polar surface area (TPSA) is 65.2 Å². The van der Waals surface area contributed by atoms with Gasteiger partial charge in [0.1, 0.15) is 11.2 Å². The van der Waals surface area contributed by atoms with Crippen molar-refractivity contribution in [2.24, 2.45) is 11.7 Å². The van der Waals surface area contributed by atoms with Gasteiger partial charge in [-0.3, -0.25) is 11.7 Å². The molecule has 0 aliphatic carbocycles. The van der Waals surface area contributed by atoms with Gasteiger partial charge in [0.2, 0.25) is 0 Å². The summed E-state index contributed by atoms with van der Waals surface area (Å²) in [6.07, 6.45) is 12.7. The number of benzene rings is 6. The summed E-state index contributed by atoms with van der Waals surface area (Å²) in [6.45, 7) is 13.9. The SMILES string of the molecule is C=C/C=C\C=CC.CC.Cc1ccc2c(oc3ccccc32)c1-c1cccc(-c2cccc(/C(=C\Cc3ccccc3)c3ccccc3)c2)c1C.NN. The molecule has 6 aromatic carbocycles. The third-order valence-corrected chi connectivity index (χ3v) is 8.86. The lowest BCUT2D eigenvalue weighted by Crippen LogP contribution is -2.02. The van der Waals surface area contributed by atoms with E-state index in [0.29, 0.717) is 0 Å². The molecule has 0 bridgehead atoms. The number of hydrogen-bond donors (Lipinski definition) is 2. The van der Waals surface area contributed by atoms with Gasteiger partial charge in [-0.15, -0.1) is 0 Å². The summed E-state index contributed by atoms with van der Waals surface area (Å²) in [6, 6.07) is 49.7. The molecule has 268 valence electrons. The molecular weight excluding hydrogens is 645 g/mol. The van der Waals surface area contributed by atoms with Crippen LogP contribution in [0.3, 0.4) is 0 Å². The Labute approximate surface area is 316 Å². The smallest absolute Gasteiger partial charge is 0.143 e. The van der Waals surface area contributed by atoms with E-state index in [1.54, 1.807) is 6.08 Å².